The number of hydrogen-bond acceptors (Lipinski definition) is 9. The average Bonchev–Trinajstić information content (AvgIpc) is 3.72. The highest BCUT2D eigenvalue weighted by Gasteiger charge is 2.46. The molecule has 5 aliphatic rings. The van der Waals surface area contributed by atoms with Crippen LogP contribution in [0.1, 0.15) is 55.2 Å². The molecule has 0 spiro atoms. The molecule has 3 aromatic rings. The van der Waals surface area contributed by atoms with Gasteiger partial charge in [0.2, 0.25) is 12.2 Å². The maximum atomic E-state index is 10.6. The van der Waals surface area contributed by atoms with Crippen LogP contribution < -0.4 is 19.9 Å². The maximum absolute atomic E-state index is 10.6. The largest absolute Gasteiger partial charge is 0.508 e. The van der Waals surface area contributed by atoms with Crippen LogP contribution in [0.4, 0.5) is 24.7 Å². The number of phenols is 1. The van der Waals surface area contributed by atoms with E-state index >= 15 is 0 Å². The number of carbonyl (C=O) groups is 1. The highest BCUT2D eigenvalue weighted by molar-refractivity contribution is 5.95. The Morgan fingerprint density at radius 1 is 1.09 bits per heavy atom. The minimum atomic E-state index is -4.64. The van der Waals surface area contributed by atoms with Gasteiger partial charge in [-0.15, -0.1) is 0 Å². The van der Waals surface area contributed by atoms with Crippen LogP contribution in [0.3, 0.4) is 0 Å². The summed E-state index contributed by atoms with van der Waals surface area (Å²) < 4.78 is 37.9. The van der Waals surface area contributed by atoms with Crippen molar-refractivity contribution in [2.75, 3.05) is 49.1 Å². The van der Waals surface area contributed by atoms with E-state index in [2.05, 4.69) is 32.2 Å². The van der Waals surface area contributed by atoms with Crippen LogP contribution in [-0.4, -0.2) is 84.4 Å². The van der Waals surface area contributed by atoms with Gasteiger partial charge in [-0.05, 0) is 69.5 Å². The van der Waals surface area contributed by atoms with Crippen molar-refractivity contribution in [1.82, 2.24) is 15.2 Å². The van der Waals surface area contributed by atoms with Gasteiger partial charge in [-0.25, -0.2) is 0 Å². The summed E-state index contributed by atoms with van der Waals surface area (Å²) in [5.41, 5.74) is 3.92. The van der Waals surface area contributed by atoms with Gasteiger partial charge in [-0.3, -0.25) is 9.69 Å². The monoisotopic (exact) mass is 648 g/mol. The lowest BCUT2D eigenvalue weighted by atomic mass is 9.93. The summed E-state index contributed by atoms with van der Waals surface area (Å²) in [6.45, 7) is 6.24. The number of nitrogens with one attached hydrogen (secondary N) is 1. The molecule has 2 aromatic carbocycles. The molecular weight excluding hydrogens is 609 g/mol. The number of nitrogens with zero attached hydrogens (tertiary/aromatic N) is 5. The number of rotatable bonds is 5. The Bertz CT molecular complexity index is 1680. The number of piperazine rings is 1. The topological polar surface area (TPSA) is 105 Å². The third kappa shape index (κ3) is 5.95. The zero-order valence-corrected chi connectivity index (χ0v) is 26.2. The van der Waals surface area contributed by atoms with Crippen LogP contribution in [0.15, 0.2) is 36.4 Å². The third-order valence-electron chi connectivity index (χ3n) is 10.7. The zero-order chi connectivity index (χ0) is 32.8. The van der Waals surface area contributed by atoms with E-state index in [1.54, 1.807) is 0 Å². The molecule has 9 nitrogen and oxygen atoms in total. The number of benzene rings is 2. The van der Waals surface area contributed by atoms with Gasteiger partial charge < -0.3 is 25.0 Å². The minimum absolute atomic E-state index is 0.0884. The first-order valence-electron chi connectivity index (χ1n) is 16.5. The highest BCUT2D eigenvalue weighted by Crippen LogP contribution is 2.44. The Morgan fingerprint density at radius 2 is 1.79 bits per heavy atom. The summed E-state index contributed by atoms with van der Waals surface area (Å²) in [5, 5.41) is 26.9. The van der Waals surface area contributed by atoms with Crippen molar-refractivity contribution >= 4 is 28.6 Å². The number of hydrogen-bond donors (Lipinski definition) is 2. The fourth-order valence-corrected chi connectivity index (χ4v) is 8.55. The van der Waals surface area contributed by atoms with Crippen molar-refractivity contribution in [2.45, 2.75) is 75.3 Å². The van der Waals surface area contributed by atoms with Crippen molar-refractivity contribution in [1.29, 1.82) is 5.26 Å². The molecule has 4 saturated heterocycles. The summed E-state index contributed by atoms with van der Waals surface area (Å²) >= 11 is 0. The lowest BCUT2D eigenvalue weighted by Crippen LogP contribution is -2.53. The number of aromatic hydroxyl groups is 1. The Balaban J connectivity index is 0.000000538. The number of aromatic nitrogens is 1. The van der Waals surface area contributed by atoms with Crippen molar-refractivity contribution in [3.8, 4) is 17.7 Å². The number of phenolic OH excluding ortho intramolecular Hbond substituents is 1. The fourth-order valence-electron chi connectivity index (χ4n) is 8.55. The Hall–Kier alpha value is -4.08. The zero-order valence-electron chi connectivity index (χ0n) is 26.2. The Morgan fingerprint density at radius 3 is 2.47 bits per heavy atom. The summed E-state index contributed by atoms with van der Waals surface area (Å²) in [4.78, 5) is 21.4. The van der Waals surface area contributed by atoms with Crippen molar-refractivity contribution < 1.29 is 27.8 Å². The van der Waals surface area contributed by atoms with Gasteiger partial charge in [-0.1, -0.05) is 24.3 Å². The summed E-state index contributed by atoms with van der Waals surface area (Å²) in [5.74, 6) is 1.81. The van der Waals surface area contributed by atoms with Gasteiger partial charge in [0.1, 0.15) is 29.8 Å². The van der Waals surface area contributed by atoms with Gasteiger partial charge in [0.25, 0.3) is 0 Å². The SMILES string of the molecule is N#Cc1c(OCC23CCCN2CCC3)nc(N2[C@@H]3CC[C@H]2CNC3)c2c1CN(c1cc(O)cc3ccccc13)CC2.O=CC(F)(F)F. The number of carbonyl (C=O) groups excluding carboxylic acids is 1. The quantitative estimate of drug-likeness (QED) is 0.367. The second-order valence-corrected chi connectivity index (χ2v) is 13.4. The van der Waals surface area contributed by atoms with E-state index in [0.717, 1.165) is 79.8 Å². The molecule has 4 fully saturated rings. The molecule has 0 aliphatic carbocycles. The molecule has 5 aliphatic heterocycles. The third-order valence-corrected chi connectivity index (χ3v) is 10.7. The number of nitriles is 1. The second-order valence-electron chi connectivity index (χ2n) is 13.4. The average molecular weight is 649 g/mol. The number of pyridine rings is 1. The molecule has 12 heteroatoms. The van der Waals surface area contributed by atoms with E-state index in [1.807, 2.05) is 30.3 Å². The normalized spacial score (nSPS) is 23.1. The molecule has 0 saturated carbocycles. The number of anilines is 2. The van der Waals surface area contributed by atoms with Crippen molar-refractivity contribution in [3.05, 3.63) is 53.1 Å². The molecule has 1 aromatic heterocycles. The molecule has 0 amide bonds. The second kappa shape index (κ2) is 12.5. The Kier molecular flexibility index (Phi) is 8.39. The van der Waals surface area contributed by atoms with Crippen LogP contribution >= 0.6 is 0 Å². The maximum Gasteiger partial charge on any atom is 0.446 e. The lowest BCUT2D eigenvalue weighted by molar-refractivity contribution is -0.156. The van der Waals surface area contributed by atoms with E-state index in [1.165, 1.54) is 31.2 Å². The minimum Gasteiger partial charge on any atom is -0.508 e. The molecular formula is C35H39F3N6O3. The van der Waals surface area contributed by atoms with Gasteiger partial charge in [0.15, 0.2) is 0 Å². The standard InChI is InChI=1S/C33H38N6O2.C2HF3O/c34-17-28-29-20-37(30-16-25(40)15-22-5-1-2-6-26(22)30)14-9-27(29)31(39-23-7-8-24(39)19-35-18-23)36-32(28)41-21-33-10-3-12-38(33)13-4-11-33;3-2(4,5)1-6/h1-2,5-6,15-16,23-24,35,40H,3-4,7-14,18-21H2;1H/t23-,24+;. The molecule has 248 valence electrons. The summed E-state index contributed by atoms with van der Waals surface area (Å²) in [6.07, 6.45) is 2.20. The van der Waals surface area contributed by atoms with Gasteiger partial charge in [-0.2, -0.15) is 23.4 Å². The fraction of sp³-hybridized carbons (Fsp3) is 0.514. The highest BCUT2D eigenvalue weighted by atomic mass is 19.4. The van der Waals surface area contributed by atoms with Crippen LogP contribution in [0.25, 0.3) is 10.8 Å². The molecule has 6 heterocycles. The molecule has 8 rings (SSSR count). The molecule has 2 N–H and O–H groups in total. The number of halogens is 3. The first-order valence-corrected chi connectivity index (χ1v) is 16.5. The first-order chi connectivity index (χ1) is 22.7. The van der Waals surface area contributed by atoms with E-state index in [0.29, 0.717) is 36.7 Å². The van der Waals surface area contributed by atoms with Crippen molar-refractivity contribution in [3.63, 3.8) is 0 Å². The van der Waals surface area contributed by atoms with Crippen molar-refractivity contribution in [2.24, 2.45) is 0 Å². The van der Waals surface area contributed by atoms with Crippen LogP contribution in [-0.2, 0) is 17.8 Å². The Labute approximate surface area is 271 Å². The first kappa shape index (κ1) is 31.5. The molecule has 0 radical (unpaired) electrons. The number of fused-ring (bicyclic) bond motifs is 5. The van der Waals surface area contributed by atoms with Gasteiger partial charge >= 0.3 is 6.18 Å². The molecule has 0 unspecified atom stereocenters. The van der Waals surface area contributed by atoms with Crippen LogP contribution in [0.2, 0.25) is 0 Å². The van der Waals surface area contributed by atoms with Crippen LogP contribution in [0, 0.1) is 11.3 Å². The molecule has 2 atom stereocenters. The summed E-state index contributed by atoms with van der Waals surface area (Å²) in [7, 11) is 0. The van der Waals surface area contributed by atoms with Gasteiger partial charge in [0.05, 0.1) is 5.54 Å². The number of aldehydes is 1. The van der Waals surface area contributed by atoms with E-state index < -0.39 is 12.5 Å². The predicted octanol–water partition coefficient (Wildman–Crippen LogP) is 5.07. The van der Waals surface area contributed by atoms with E-state index in [9.17, 15) is 23.5 Å². The smallest absolute Gasteiger partial charge is 0.446 e. The van der Waals surface area contributed by atoms with E-state index in [-0.39, 0.29) is 11.3 Å². The summed E-state index contributed by atoms with van der Waals surface area (Å²) in [6, 6.07) is 15.3. The number of alkyl halides is 3. The molecule has 2 bridgehead atoms. The number of ether oxygens (including phenoxy) is 1. The van der Waals surface area contributed by atoms with Gasteiger partial charge in [0, 0.05) is 66.5 Å². The molecule has 47 heavy (non-hydrogen) atoms. The van der Waals surface area contributed by atoms with Crippen LogP contribution in [0.5, 0.6) is 11.6 Å². The van der Waals surface area contributed by atoms with E-state index in [4.69, 9.17) is 14.5 Å². The predicted molar refractivity (Wildman–Crippen MR) is 172 cm³/mol. The lowest BCUT2D eigenvalue weighted by Gasteiger charge is -2.40.